The van der Waals surface area contributed by atoms with Crippen molar-refractivity contribution in [3.63, 3.8) is 0 Å². The number of aryl methyl sites for hydroxylation is 2. The van der Waals surface area contributed by atoms with Crippen molar-refractivity contribution >= 4 is 0 Å². The van der Waals surface area contributed by atoms with E-state index in [9.17, 15) is 4.79 Å². The maximum Gasteiger partial charge on any atom is 0.267 e. The molecular weight excluding hydrogens is 200 g/mol. The molecule has 0 saturated carbocycles. The molecule has 2 rings (SSSR count). The third-order valence-corrected chi connectivity index (χ3v) is 2.60. The Morgan fingerprint density at radius 1 is 1.25 bits per heavy atom. The van der Waals surface area contributed by atoms with E-state index in [1.54, 1.807) is 10.7 Å². The summed E-state index contributed by atoms with van der Waals surface area (Å²) in [4.78, 5) is 11.6. The molecule has 1 aromatic carbocycles. The summed E-state index contributed by atoms with van der Waals surface area (Å²) in [5, 5.41) is 3.12. The molecule has 3 nitrogen and oxygen atoms in total. The first-order chi connectivity index (χ1) is 7.70. The van der Waals surface area contributed by atoms with Crippen LogP contribution < -0.4 is 5.56 Å². The van der Waals surface area contributed by atoms with Crippen LogP contribution in [0.1, 0.15) is 18.9 Å². The summed E-state index contributed by atoms with van der Waals surface area (Å²) in [6, 6.07) is 9.80. The molecular formula is C13H16N2O. The topological polar surface area (TPSA) is 37.8 Å². The van der Waals surface area contributed by atoms with E-state index < -0.39 is 0 Å². The Hall–Kier alpha value is -1.77. The van der Waals surface area contributed by atoms with E-state index in [0.29, 0.717) is 0 Å². The van der Waals surface area contributed by atoms with Gasteiger partial charge in [0.2, 0.25) is 0 Å². The molecule has 1 N–H and O–H groups in total. The summed E-state index contributed by atoms with van der Waals surface area (Å²) in [5.74, 6) is 0. The van der Waals surface area contributed by atoms with E-state index in [1.807, 2.05) is 24.3 Å². The lowest BCUT2D eigenvalue weighted by Crippen LogP contribution is -2.15. The predicted molar refractivity (Wildman–Crippen MR) is 65.5 cm³/mol. The van der Waals surface area contributed by atoms with E-state index in [4.69, 9.17) is 0 Å². The number of aromatic amines is 1. The van der Waals surface area contributed by atoms with Gasteiger partial charge in [0.15, 0.2) is 0 Å². The third-order valence-electron chi connectivity index (χ3n) is 2.60. The van der Waals surface area contributed by atoms with Crippen molar-refractivity contribution in [1.82, 2.24) is 9.78 Å². The summed E-state index contributed by atoms with van der Waals surface area (Å²) < 4.78 is 1.65. The second-order valence-electron chi connectivity index (χ2n) is 4.03. The Bertz CT molecular complexity index is 520. The van der Waals surface area contributed by atoms with E-state index in [-0.39, 0.29) is 5.56 Å². The zero-order valence-corrected chi connectivity index (χ0v) is 9.66. The van der Waals surface area contributed by atoms with E-state index in [1.165, 1.54) is 5.56 Å². The van der Waals surface area contributed by atoms with E-state index >= 15 is 0 Å². The molecule has 0 radical (unpaired) electrons. The van der Waals surface area contributed by atoms with Crippen molar-refractivity contribution in [3.05, 3.63) is 46.2 Å². The molecule has 16 heavy (non-hydrogen) atoms. The first-order valence-corrected chi connectivity index (χ1v) is 5.57. The summed E-state index contributed by atoms with van der Waals surface area (Å²) in [6.07, 6.45) is 0.952. The summed E-state index contributed by atoms with van der Waals surface area (Å²) >= 11 is 0. The smallest absolute Gasteiger partial charge is 0.267 e. The Morgan fingerprint density at radius 2 is 1.94 bits per heavy atom. The molecule has 0 spiro atoms. The normalized spacial score (nSPS) is 10.6. The van der Waals surface area contributed by atoms with Crippen molar-refractivity contribution < 1.29 is 0 Å². The summed E-state index contributed by atoms with van der Waals surface area (Å²) in [6.45, 7) is 4.85. The van der Waals surface area contributed by atoms with Crippen LogP contribution in [-0.4, -0.2) is 9.78 Å². The van der Waals surface area contributed by atoms with Gasteiger partial charge < -0.3 is 0 Å². The molecule has 1 heterocycles. The van der Waals surface area contributed by atoms with Gasteiger partial charge in [-0.3, -0.25) is 14.6 Å². The second-order valence-corrected chi connectivity index (χ2v) is 4.03. The van der Waals surface area contributed by atoms with Crippen molar-refractivity contribution in [2.24, 2.45) is 0 Å². The van der Waals surface area contributed by atoms with Gasteiger partial charge in [-0.1, -0.05) is 36.8 Å². The number of rotatable bonds is 3. The van der Waals surface area contributed by atoms with Crippen molar-refractivity contribution in [2.75, 3.05) is 0 Å². The Balaban J connectivity index is 2.37. The molecule has 0 amide bonds. The Morgan fingerprint density at radius 3 is 2.56 bits per heavy atom. The highest BCUT2D eigenvalue weighted by Crippen LogP contribution is 2.15. The molecule has 0 atom stereocenters. The quantitative estimate of drug-likeness (QED) is 0.841. The fourth-order valence-electron chi connectivity index (χ4n) is 1.70. The highest BCUT2D eigenvalue weighted by molar-refractivity contribution is 5.58. The van der Waals surface area contributed by atoms with Crippen LogP contribution in [0.3, 0.4) is 0 Å². The number of nitrogens with zero attached hydrogens (tertiary/aromatic N) is 1. The predicted octanol–water partition coefficient (Wildman–Crippen LogP) is 2.56. The SMILES string of the molecule is CCCn1[nH]c(-c2ccc(C)cc2)cc1=O. The highest BCUT2D eigenvalue weighted by atomic mass is 16.1. The molecule has 0 aliphatic heterocycles. The molecule has 0 aliphatic rings. The lowest BCUT2D eigenvalue weighted by atomic mass is 10.1. The molecule has 0 unspecified atom stereocenters. The maximum absolute atomic E-state index is 11.6. The minimum Gasteiger partial charge on any atom is -0.295 e. The van der Waals surface area contributed by atoms with Gasteiger partial charge >= 0.3 is 0 Å². The number of hydrogen-bond acceptors (Lipinski definition) is 1. The number of hydrogen-bond donors (Lipinski definition) is 1. The van der Waals surface area contributed by atoms with Crippen LogP contribution >= 0.6 is 0 Å². The van der Waals surface area contributed by atoms with Gasteiger partial charge in [-0.15, -0.1) is 0 Å². The molecule has 84 valence electrons. The van der Waals surface area contributed by atoms with Gasteiger partial charge in [-0.2, -0.15) is 0 Å². The van der Waals surface area contributed by atoms with Crippen LogP contribution in [-0.2, 0) is 6.54 Å². The summed E-state index contributed by atoms with van der Waals surface area (Å²) in [7, 11) is 0. The van der Waals surface area contributed by atoms with Gasteiger partial charge in [0, 0.05) is 12.6 Å². The molecule has 0 saturated heterocycles. The van der Waals surface area contributed by atoms with Gasteiger partial charge in [-0.05, 0) is 18.9 Å². The average Bonchev–Trinajstić information content (AvgIpc) is 2.62. The van der Waals surface area contributed by atoms with Crippen molar-refractivity contribution in [3.8, 4) is 11.3 Å². The van der Waals surface area contributed by atoms with Crippen LogP contribution in [0.15, 0.2) is 35.1 Å². The van der Waals surface area contributed by atoms with Crippen LogP contribution in [0.2, 0.25) is 0 Å². The largest absolute Gasteiger partial charge is 0.295 e. The monoisotopic (exact) mass is 216 g/mol. The van der Waals surface area contributed by atoms with Crippen molar-refractivity contribution in [1.29, 1.82) is 0 Å². The van der Waals surface area contributed by atoms with Crippen LogP contribution in [0.25, 0.3) is 11.3 Å². The van der Waals surface area contributed by atoms with Gasteiger partial charge in [0.05, 0.1) is 5.69 Å². The Kier molecular flexibility index (Phi) is 2.95. The molecule has 2 aromatic rings. The Labute approximate surface area is 94.7 Å². The third kappa shape index (κ3) is 2.08. The minimum absolute atomic E-state index is 0.0393. The number of aromatic nitrogens is 2. The fraction of sp³-hybridized carbons (Fsp3) is 0.308. The van der Waals surface area contributed by atoms with E-state index in [0.717, 1.165) is 24.2 Å². The molecule has 0 fully saturated rings. The lowest BCUT2D eigenvalue weighted by Gasteiger charge is -2.00. The van der Waals surface area contributed by atoms with Crippen LogP contribution in [0, 0.1) is 6.92 Å². The van der Waals surface area contributed by atoms with Gasteiger partial charge in [0.25, 0.3) is 5.56 Å². The van der Waals surface area contributed by atoms with Gasteiger partial charge in [0.1, 0.15) is 0 Å². The van der Waals surface area contributed by atoms with Crippen LogP contribution in [0.4, 0.5) is 0 Å². The molecule has 0 bridgehead atoms. The van der Waals surface area contributed by atoms with Crippen molar-refractivity contribution in [2.45, 2.75) is 26.8 Å². The second kappa shape index (κ2) is 4.39. The fourth-order valence-corrected chi connectivity index (χ4v) is 1.70. The van der Waals surface area contributed by atoms with Gasteiger partial charge in [-0.25, -0.2) is 0 Å². The zero-order valence-electron chi connectivity index (χ0n) is 9.66. The minimum atomic E-state index is 0.0393. The first kappa shape index (κ1) is 10.7. The standard InChI is InChI=1S/C13H16N2O/c1-3-8-15-13(16)9-12(14-15)11-6-4-10(2)5-7-11/h4-7,9,14H,3,8H2,1-2H3. The number of H-pyrrole nitrogens is 1. The molecule has 3 heteroatoms. The number of nitrogens with one attached hydrogen (secondary N) is 1. The average molecular weight is 216 g/mol. The zero-order chi connectivity index (χ0) is 11.5. The lowest BCUT2D eigenvalue weighted by molar-refractivity contribution is 0.587. The summed E-state index contributed by atoms with van der Waals surface area (Å²) in [5.41, 5.74) is 3.20. The maximum atomic E-state index is 11.6. The highest BCUT2D eigenvalue weighted by Gasteiger charge is 2.03. The van der Waals surface area contributed by atoms with E-state index in [2.05, 4.69) is 18.9 Å². The molecule has 1 aromatic heterocycles. The first-order valence-electron chi connectivity index (χ1n) is 5.57. The number of benzene rings is 1. The molecule has 0 aliphatic carbocycles. The van der Waals surface area contributed by atoms with Crippen LogP contribution in [0.5, 0.6) is 0 Å².